The molecule has 0 fully saturated rings. The van der Waals surface area contributed by atoms with Crippen LogP contribution >= 0.6 is 0 Å². The highest BCUT2D eigenvalue weighted by Crippen LogP contribution is 2.26. The molecule has 0 aliphatic carbocycles. The van der Waals surface area contributed by atoms with E-state index >= 15 is 0 Å². The van der Waals surface area contributed by atoms with Crippen LogP contribution in [-0.2, 0) is 10.1 Å². The van der Waals surface area contributed by atoms with E-state index in [4.69, 9.17) is 10.3 Å². The number of rotatable bonds is 6. The van der Waals surface area contributed by atoms with Crippen molar-refractivity contribution in [1.29, 1.82) is 0 Å². The lowest BCUT2D eigenvalue weighted by Crippen LogP contribution is -2.11. The molecule has 0 unspecified atom stereocenters. The molecule has 0 radical (unpaired) electrons. The van der Waals surface area contributed by atoms with E-state index in [1.54, 1.807) is 0 Å². The fraction of sp³-hybridized carbons (Fsp3) is 0.333. The van der Waals surface area contributed by atoms with E-state index in [2.05, 4.69) is 5.32 Å². The first kappa shape index (κ1) is 14.2. The third-order valence-electron chi connectivity index (χ3n) is 2.11. The molecule has 0 saturated heterocycles. The van der Waals surface area contributed by atoms with Crippen molar-refractivity contribution in [3.8, 4) is 0 Å². The molecule has 0 aromatic heterocycles. The van der Waals surface area contributed by atoms with Gasteiger partial charge in [-0.25, -0.2) is 0 Å². The Morgan fingerprint density at radius 2 is 2.11 bits per heavy atom. The minimum absolute atomic E-state index is 0.139. The summed E-state index contributed by atoms with van der Waals surface area (Å²) >= 11 is 0. The van der Waals surface area contributed by atoms with Crippen LogP contribution < -0.4 is 11.1 Å². The summed E-state index contributed by atoms with van der Waals surface area (Å²) in [4.78, 5) is 10.2. The fourth-order valence-corrected chi connectivity index (χ4v) is 1.84. The first-order chi connectivity index (χ1) is 8.29. The Balaban J connectivity index is 2.65. The van der Waals surface area contributed by atoms with Gasteiger partial charge in [0.15, 0.2) is 0 Å². The monoisotopic (exact) mass is 275 g/mol. The predicted octanol–water partition coefficient (Wildman–Crippen LogP) is 0.867. The molecule has 0 aliphatic heterocycles. The Labute approximate surface area is 104 Å². The van der Waals surface area contributed by atoms with E-state index in [-0.39, 0.29) is 30.0 Å². The van der Waals surface area contributed by atoms with E-state index in [1.807, 2.05) is 0 Å². The van der Waals surface area contributed by atoms with Crippen molar-refractivity contribution in [2.75, 3.05) is 23.3 Å². The number of benzene rings is 1. The third kappa shape index (κ3) is 4.55. The third-order valence-corrected chi connectivity index (χ3v) is 2.92. The van der Waals surface area contributed by atoms with Crippen LogP contribution in [0.5, 0.6) is 0 Å². The fourth-order valence-electron chi connectivity index (χ4n) is 1.33. The Morgan fingerprint density at radius 1 is 1.44 bits per heavy atom. The molecular weight excluding hydrogens is 262 g/mol. The smallest absolute Gasteiger partial charge is 0.294 e. The molecule has 9 heteroatoms. The Morgan fingerprint density at radius 3 is 2.67 bits per heavy atom. The zero-order valence-corrected chi connectivity index (χ0v) is 10.2. The van der Waals surface area contributed by atoms with Gasteiger partial charge in [-0.2, -0.15) is 8.42 Å². The second-order valence-electron chi connectivity index (χ2n) is 3.60. The van der Waals surface area contributed by atoms with Crippen LogP contribution in [0, 0.1) is 10.1 Å². The molecule has 0 aliphatic rings. The van der Waals surface area contributed by atoms with Crippen molar-refractivity contribution >= 4 is 27.2 Å². The van der Waals surface area contributed by atoms with Gasteiger partial charge in [-0.3, -0.25) is 14.7 Å². The van der Waals surface area contributed by atoms with Crippen LogP contribution in [0.1, 0.15) is 6.42 Å². The molecule has 0 amide bonds. The number of nitrogen functional groups attached to an aromatic ring is 1. The second-order valence-corrected chi connectivity index (χ2v) is 5.17. The standard InChI is InChI=1S/C9H13N3O5S/c10-7-2-3-8(9(6-7)12(13)14)11-4-1-5-18(15,16)17/h2-3,6,11H,1,4-5,10H2,(H,15,16,17). The maximum absolute atomic E-state index is 10.7. The highest BCUT2D eigenvalue weighted by atomic mass is 32.2. The summed E-state index contributed by atoms with van der Waals surface area (Å²) < 4.78 is 29.4. The summed E-state index contributed by atoms with van der Waals surface area (Å²) in [6, 6.07) is 4.16. The van der Waals surface area contributed by atoms with Crippen molar-refractivity contribution in [2.45, 2.75) is 6.42 Å². The summed E-state index contributed by atoms with van der Waals surface area (Å²) in [7, 11) is -4.01. The van der Waals surface area contributed by atoms with E-state index < -0.39 is 20.8 Å². The molecule has 0 spiro atoms. The quantitative estimate of drug-likeness (QED) is 0.230. The zero-order chi connectivity index (χ0) is 13.8. The molecule has 18 heavy (non-hydrogen) atoms. The summed E-state index contributed by atoms with van der Waals surface area (Å²) in [5, 5.41) is 13.5. The number of nitro benzene ring substituents is 1. The molecule has 100 valence electrons. The average molecular weight is 275 g/mol. The Bertz CT molecular complexity index is 543. The summed E-state index contributed by atoms with van der Waals surface area (Å²) in [5.41, 5.74) is 5.78. The molecule has 1 aromatic carbocycles. The topological polar surface area (TPSA) is 136 Å². The van der Waals surface area contributed by atoms with Gasteiger partial charge in [0.25, 0.3) is 15.8 Å². The van der Waals surface area contributed by atoms with Crippen LogP contribution in [0.2, 0.25) is 0 Å². The number of nitrogens with zero attached hydrogens (tertiary/aromatic N) is 1. The predicted molar refractivity (Wildman–Crippen MR) is 67.0 cm³/mol. The zero-order valence-electron chi connectivity index (χ0n) is 9.37. The van der Waals surface area contributed by atoms with Gasteiger partial charge in [-0.05, 0) is 18.6 Å². The molecule has 8 nitrogen and oxygen atoms in total. The van der Waals surface area contributed by atoms with Crippen LogP contribution in [0.4, 0.5) is 17.1 Å². The second kappa shape index (κ2) is 5.65. The van der Waals surface area contributed by atoms with Gasteiger partial charge in [0.2, 0.25) is 0 Å². The Kier molecular flexibility index (Phi) is 4.45. The van der Waals surface area contributed by atoms with Crippen LogP contribution in [0.25, 0.3) is 0 Å². The lowest BCUT2D eigenvalue weighted by Gasteiger charge is -2.06. The van der Waals surface area contributed by atoms with Gasteiger partial charge in [-0.1, -0.05) is 0 Å². The van der Waals surface area contributed by atoms with Gasteiger partial charge in [0.1, 0.15) is 5.69 Å². The van der Waals surface area contributed by atoms with Crippen molar-refractivity contribution in [1.82, 2.24) is 0 Å². The molecule has 0 heterocycles. The van der Waals surface area contributed by atoms with Crippen molar-refractivity contribution in [3.05, 3.63) is 28.3 Å². The van der Waals surface area contributed by atoms with Gasteiger partial charge in [-0.15, -0.1) is 0 Å². The summed E-state index contributed by atoms with van der Waals surface area (Å²) in [5.74, 6) is -0.400. The van der Waals surface area contributed by atoms with E-state index in [1.165, 1.54) is 18.2 Å². The molecule has 1 rings (SSSR count). The molecule has 0 bridgehead atoms. The van der Waals surface area contributed by atoms with Crippen LogP contribution in [0.3, 0.4) is 0 Å². The Hall–Kier alpha value is -1.87. The lowest BCUT2D eigenvalue weighted by molar-refractivity contribution is -0.383. The van der Waals surface area contributed by atoms with Crippen LogP contribution in [-0.4, -0.2) is 30.2 Å². The van der Waals surface area contributed by atoms with Gasteiger partial charge < -0.3 is 11.1 Å². The van der Waals surface area contributed by atoms with E-state index in [0.29, 0.717) is 0 Å². The number of nitro groups is 1. The largest absolute Gasteiger partial charge is 0.399 e. The molecule has 0 atom stereocenters. The van der Waals surface area contributed by atoms with E-state index in [0.717, 1.165) is 0 Å². The first-order valence-electron chi connectivity index (χ1n) is 5.02. The van der Waals surface area contributed by atoms with Crippen molar-refractivity contribution in [2.24, 2.45) is 0 Å². The molecular formula is C9H13N3O5S. The number of nitrogens with one attached hydrogen (secondary N) is 1. The highest BCUT2D eigenvalue weighted by Gasteiger charge is 2.13. The minimum Gasteiger partial charge on any atom is -0.399 e. The van der Waals surface area contributed by atoms with Gasteiger partial charge in [0, 0.05) is 18.3 Å². The normalized spacial score (nSPS) is 11.2. The minimum atomic E-state index is -4.01. The maximum Gasteiger partial charge on any atom is 0.294 e. The van der Waals surface area contributed by atoms with Gasteiger partial charge >= 0.3 is 0 Å². The van der Waals surface area contributed by atoms with E-state index in [9.17, 15) is 18.5 Å². The summed E-state index contributed by atoms with van der Waals surface area (Å²) in [6.07, 6.45) is 0.139. The van der Waals surface area contributed by atoms with Crippen LogP contribution in [0.15, 0.2) is 18.2 Å². The molecule has 4 N–H and O–H groups in total. The highest BCUT2D eigenvalue weighted by molar-refractivity contribution is 7.85. The number of hydrogen-bond donors (Lipinski definition) is 3. The summed E-state index contributed by atoms with van der Waals surface area (Å²) in [6.45, 7) is 0.185. The number of hydrogen-bond acceptors (Lipinski definition) is 6. The number of anilines is 2. The van der Waals surface area contributed by atoms with Gasteiger partial charge in [0.05, 0.1) is 10.7 Å². The molecule has 0 saturated carbocycles. The lowest BCUT2D eigenvalue weighted by atomic mass is 10.2. The first-order valence-corrected chi connectivity index (χ1v) is 6.63. The molecule has 1 aromatic rings. The maximum atomic E-state index is 10.7. The average Bonchev–Trinajstić information content (AvgIpc) is 2.24. The van der Waals surface area contributed by atoms with Crippen molar-refractivity contribution in [3.63, 3.8) is 0 Å². The SMILES string of the molecule is Nc1ccc(NCCCS(=O)(=O)O)c([N+](=O)[O-])c1. The number of nitrogens with two attached hydrogens (primary N) is 1. The van der Waals surface area contributed by atoms with Crippen molar-refractivity contribution < 1.29 is 17.9 Å².